The van der Waals surface area contributed by atoms with Crippen molar-refractivity contribution in [2.45, 2.75) is 25.6 Å². The highest BCUT2D eigenvalue weighted by Gasteiger charge is 2.38. The summed E-state index contributed by atoms with van der Waals surface area (Å²) in [6.07, 6.45) is 8.11. The minimum atomic E-state index is -0.462. The second-order valence-corrected chi connectivity index (χ2v) is 4.66. The Labute approximate surface area is 102 Å². The van der Waals surface area contributed by atoms with Crippen molar-refractivity contribution >= 4 is 6.08 Å². The van der Waals surface area contributed by atoms with E-state index in [1.807, 2.05) is 18.2 Å². The molecule has 0 aromatic heterocycles. The normalized spacial score (nSPS) is 29.1. The van der Waals surface area contributed by atoms with E-state index >= 15 is 0 Å². The molecular formula is C15H16O2. The average molecular weight is 228 g/mol. The van der Waals surface area contributed by atoms with E-state index in [1.54, 1.807) is 0 Å². The van der Waals surface area contributed by atoms with E-state index in [-0.39, 0.29) is 0 Å². The van der Waals surface area contributed by atoms with Crippen LogP contribution in [-0.4, -0.2) is 12.4 Å². The molecule has 1 aromatic carbocycles. The van der Waals surface area contributed by atoms with Gasteiger partial charge in [-0.05, 0) is 37.1 Å². The summed E-state index contributed by atoms with van der Waals surface area (Å²) in [4.78, 5) is 0. The summed E-state index contributed by atoms with van der Waals surface area (Å²) < 4.78 is 11.5. The molecule has 0 aliphatic carbocycles. The Hall–Kier alpha value is -1.54. The van der Waals surface area contributed by atoms with Crippen molar-refractivity contribution in [3.05, 3.63) is 53.3 Å². The van der Waals surface area contributed by atoms with Crippen LogP contribution in [0.15, 0.2) is 42.2 Å². The minimum absolute atomic E-state index is 0.462. The van der Waals surface area contributed by atoms with Crippen LogP contribution in [0.2, 0.25) is 0 Å². The van der Waals surface area contributed by atoms with Crippen molar-refractivity contribution in [1.82, 2.24) is 0 Å². The molecule has 88 valence electrons. The smallest absolute Gasteiger partial charge is 0.230 e. The summed E-state index contributed by atoms with van der Waals surface area (Å²) in [7, 11) is 0. The highest BCUT2D eigenvalue weighted by molar-refractivity contribution is 5.55. The van der Waals surface area contributed by atoms with Gasteiger partial charge in [0, 0.05) is 6.42 Å². The van der Waals surface area contributed by atoms with Crippen LogP contribution in [0.4, 0.5) is 0 Å². The van der Waals surface area contributed by atoms with Crippen molar-refractivity contribution in [2.24, 2.45) is 0 Å². The van der Waals surface area contributed by atoms with E-state index < -0.39 is 5.79 Å². The number of allylic oxidation sites excluding steroid dienone is 1. The third-order valence-electron chi connectivity index (χ3n) is 3.19. The fraction of sp³-hybridized carbons (Fsp3) is 0.333. The van der Waals surface area contributed by atoms with Crippen molar-refractivity contribution in [3.63, 3.8) is 0 Å². The number of rotatable bonds is 1. The first-order valence-electron chi connectivity index (χ1n) is 6.06. The Morgan fingerprint density at radius 2 is 2.06 bits per heavy atom. The third kappa shape index (κ3) is 2.13. The Morgan fingerprint density at radius 1 is 1.24 bits per heavy atom. The summed E-state index contributed by atoms with van der Waals surface area (Å²) in [5.74, 6) is 0.423. The SMILES string of the molecule is Cc1ccc(C=C2C=CC3(CCCO3)O2)cc1. The quantitative estimate of drug-likeness (QED) is 0.733. The van der Waals surface area contributed by atoms with Crippen molar-refractivity contribution < 1.29 is 9.47 Å². The standard InChI is InChI=1S/C15H16O2/c1-12-3-5-13(6-4-12)11-14-7-9-15(17-14)8-2-10-16-15/h3-7,9,11H,2,8,10H2,1H3. The van der Waals surface area contributed by atoms with Gasteiger partial charge >= 0.3 is 0 Å². The van der Waals surface area contributed by atoms with Gasteiger partial charge in [0.15, 0.2) is 0 Å². The zero-order valence-corrected chi connectivity index (χ0v) is 9.98. The largest absolute Gasteiger partial charge is 0.459 e. The molecule has 2 heterocycles. The molecule has 1 atom stereocenters. The predicted molar refractivity (Wildman–Crippen MR) is 67.3 cm³/mol. The molecule has 1 aromatic rings. The van der Waals surface area contributed by atoms with E-state index in [2.05, 4.69) is 31.2 Å². The van der Waals surface area contributed by atoms with E-state index in [9.17, 15) is 0 Å². The van der Waals surface area contributed by atoms with Gasteiger partial charge in [0.1, 0.15) is 5.76 Å². The fourth-order valence-electron chi connectivity index (χ4n) is 2.23. The van der Waals surface area contributed by atoms with Gasteiger partial charge in [0.25, 0.3) is 0 Å². The molecule has 0 bridgehead atoms. The fourth-order valence-corrected chi connectivity index (χ4v) is 2.23. The summed E-state index contributed by atoms with van der Waals surface area (Å²) in [5, 5.41) is 0. The molecule has 0 amide bonds. The number of ether oxygens (including phenoxy) is 2. The molecule has 1 saturated heterocycles. The van der Waals surface area contributed by atoms with Crippen LogP contribution in [0.25, 0.3) is 6.08 Å². The maximum atomic E-state index is 5.87. The van der Waals surface area contributed by atoms with Crippen LogP contribution >= 0.6 is 0 Å². The van der Waals surface area contributed by atoms with Crippen LogP contribution in [-0.2, 0) is 9.47 Å². The highest BCUT2D eigenvalue weighted by Crippen LogP contribution is 2.36. The van der Waals surface area contributed by atoms with Crippen LogP contribution in [0.1, 0.15) is 24.0 Å². The van der Waals surface area contributed by atoms with Gasteiger partial charge < -0.3 is 9.47 Å². The van der Waals surface area contributed by atoms with Crippen molar-refractivity contribution in [3.8, 4) is 0 Å². The highest BCUT2D eigenvalue weighted by atomic mass is 16.7. The summed E-state index contributed by atoms with van der Waals surface area (Å²) in [6.45, 7) is 2.88. The summed E-state index contributed by atoms with van der Waals surface area (Å²) in [5.41, 5.74) is 2.43. The van der Waals surface area contributed by atoms with E-state index in [0.717, 1.165) is 30.8 Å². The van der Waals surface area contributed by atoms with E-state index in [1.165, 1.54) is 5.56 Å². The Balaban J connectivity index is 1.78. The molecule has 1 fully saturated rings. The van der Waals surface area contributed by atoms with Gasteiger partial charge in [-0.25, -0.2) is 0 Å². The average Bonchev–Trinajstić information content (AvgIpc) is 2.94. The maximum Gasteiger partial charge on any atom is 0.230 e. The molecule has 2 heteroatoms. The molecule has 2 aliphatic rings. The van der Waals surface area contributed by atoms with E-state index in [4.69, 9.17) is 9.47 Å². The lowest BCUT2D eigenvalue weighted by atomic mass is 10.1. The monoisotopic (exact) mass is 228 g/mol. The molecule has 1 unspecified atom stereocenters. The predicted octanol–water partition coefficient (Wildman–Crippen LogP) is 3.43. The lowest BCUT2D eigenvalue weighted by Gasteiger charge is -2.20. The molecule has 2 aliphatic heterocycles. The zero-order chi connectivity index (χ0) is 11.7. The first kappa shape index (κ1) is 10.6. The Bertz CT molecular complexity index is 462. The second kappa shape index (κ2) is 4.04. The molecule has 1 spiro atoms. The first-order valence-corrected chi connectivity index (χ1v) is 6.06. The molecule has 3 rings (SSSR count). The lowest BCUT2D eigenvalue weighted by Crippen LogP contribution is -2.24. The summed E-state index contributed by atoms with van der Waals surface area (Å²) in [6, 6.07) is 8.40. The molecule has 2 nitrogen and oxygen atoms in total. The van der Waals surface area contributed by atoms with Crippen LogP contribution in [0.3, 0.4) is 0 Å². The molecular weight excluding hydrogens is 212 g/mol. The Morgan fingerprint density at radius 3 is 2.76 bits per heavy atom. The van der Waals surface area contributed by atoms with Gasteiger partial charge in [-0.3, -0.25) is 0 Å². The van der Waals surface area contributed by atoms with E-state index in [0.29, 0.717) is 0 Å². The van der Waals surface area contributed by atoms with Crippen LogP contribution < -0.4 is 0 Å². The first-order chi connectivity index (χ1) is 8.26. The van der Waals surface area contributed by atoms with Crippen LogP contribution in [0, 0.1) is 6.92 Å². The van der Waals surface area contributed by atoms with Crippen LogP contribution in [0.5, 0.6) is 0 Å². The van der Waals surface area contributed by atoms with Crippen molar-refractivity contribution in [2.75, 3.05) is 6.61 Å². The number of hydrogen-bond acceptors (Lipinski definition) is 2. The van der Waals surface area contributed by atoms with Crippen molar-refractivity contribution in [1.29, 1.82) is 0 Å². The van der Waals surface area contributed by atoms with Gasteiger partial charge in [0.2, 0.25) is 5.79 Å². The lowest BCUT2D eigenvalue weighted by molar-refractivity contribution is -0.135. The maximum absolute atomic E-state index is 5.87. The third-order valence-corrected chi connectivity index (χ3v) is 3.19. The molecule has 0 radical (unpaired) electrons. The summed E-state index contributed by atoms with van der Waals surface area (Å²) >= 11 is 0. The molecule has 0 saturated carbocycles. The Kier molecular flexibility index (Phi) is 2.52. The van der Waals surface area contributed by atoms with Gasteiger partial charge in [-0.2, -0.15) is 0 Å². The minimum Gasteiger partial charge on any atom is -0.459 e. The van der Waals surface area contributed by atoms with Gasteiger partial charge in [0.05, 0.1) is 6.61 Å². The molecule has 0 N–H and O–H groups in total. The van der Waals surface area contributed by atoms with Gasteiger partial charge in [-0.1, -0.05) is 29.8 Å². The van der Waals surface area contributed by atoms with Gasteiger partial charge in [-0.15, -0.1) is 0 Å². The topological polar surface area (TPSA) is 18.5 Å². The molecule has 17 heavy (non-hydrogen) atoms. The number of aryl methyl sites for hydroxylation is 1. The number of hydrogen-bond donors (Lipinski definition) is 0. The number of benzene rings is 1. The zero-order valence-electron chi connectivity index (χ0n) is 9.98. The second-order valence-electron chi connectivity index (χ2n) is 4.66.